The van der Waals surface area contributed by atoms with Crippen LogP contribution < -0.4 is 5.32 Å². The number of ether oxygens (including phenoxy) is 1. The summed E-state index contributed by atoms with van der Waals surface area (Å²) >= 11 is 0. The van der Waals surface area contributed by atoms with Crippen molar-refractivity contribution in [3.8, 4) is 0 Å². The topological polar surface area (TPSA) is 58.6 Å². The summed E-state index contributed by atoms with van der Waals surface area (Å²) in [5.41, 5.74) is 2.37. The van der Waals surface area contributed by atoms with Gasteiger partial charge in [-0.2, -0.15) is 0 Å². The van der Waals surface area contributed by atoms with Gasteiger partial charge in [0.1, 0.15) is 0 Å². The zero-order valence-electron chi connectivity index (χ0n) is 13.1. The van der Waals surface area contributed by atoms with Gasteiger partial charge in [-0.25, -0.2) is 12.7 Å². The van der Waals surface area contributed by atoms with Crippen molar-refractivity contribution in [3.05, 3.63) is 35.4 Å². The average molecular weight is 314 g/mol. The summed E-state index contributed by atoms with van der Waals surface area (Å²) in [6.07, 6.45) is 2.06. The highest BCUT2D eigenvalue weighted by Crippen LogP contribution is 2.05. The molecule has 0 aliphatic rings. The van der Waals surface area contributed by atoms with E-state index in [-0.39, 0.29) is 0 Å². The molecule has 5 nitrogen and oxygen atoms in total. The van der Waals surface area contributed by atoms with E-state index in [9.17, 15) is 8.42 Å². The third kappa shape index (κ3) is 7.04. The Balaban J connectivity index is 2.25. The van der Waals surface area contributed by atoms with Crippen molar-refractivity contribution in [1.82, 2.24) is 9.62 Å². The van der Waals surface area contributed by atoms with Crippen molar-refractivity contribution in [2.24, 2.45) is 0 Å². The lowest BCUT2D eigenvalue weighted by Crippen LogP contribution is -2.32. The second-order valence-electron chi connectivity index (χ2n) is 5.03. The molecule has 1 rings (SSSR count). The van der Waals surface area contributed by atoms with Crippen LogP contribution in [-0.4, -0.2) is 45.7 Å². The summed E-state index contributed by atoms with van der Waals surface area (Å²) in [5, 5.41) is 3.33. The number of nitrogens with one attached hydrogen (secondary N) is 1. The standard InChI is InChI=1S/C15H26N2O3S/c1-4-17(21(3,18)19)11-5-10-16-12-14-6-8-15(9-7-14)13-20-2/h6-9,16H,4-5,10-13H2,1-3H3. The fraction of sp³-hybridized carbons (Fsp3) is 0.600. The lowest BCUT2D eigenvalue weighted by atomic mass is 10.1. The maximum atomic E-state index is 11.4. The van der Waals surface area contributed by atoms with Crippen molar-refractivity contribution in [1.29, 1.82) is 0 Å². The Kier molecular flexibility index (Phi) is 7.88. The molecule has 1 aromatic rings. The molecule has 0 atom stereocenters. The van der Waals surface area contributed by atoms with Gasteiger partial charge in [-0.15, -0.1) is 0 Å². The van der Waals surface area contributed by atoms with Crippen LogP contribution in [0.3, 0.4) is 0 Å². The highest BCUT2D eigenvalue weighted by atomic mass is 32.2. The first-order chi connectivity index (χ1) is 9.97. The smallest absolute Gasteiger partial charge is 0.211 e. The summed E-state index contributed by atoms with van der Waals surface area (Å²) in [4.78, 5) is 0. The summed E-state index contributed by atoms with van der Waals surface area (Å²) < 4.78 is 29.4. The fourth-order valence-corrected chi connectivity index (χ4v) is 3.02. The van der Waals surface area contributed by atoms with Crippen LogP contribution in [0.4, 0.5) is 0 Å². The Morgan fingerprint density at radius 3 is 2.33 bits per heavy atom. The van der Waals surface area contributed by atoms with Crippen LogP contribution in [-0.2, 0) is 27.9 Å². The van der Waals surface area contributed by atoms with E-state index in [1.54, 1.807) is 7.11 Å². The first-order valence-corrected chi connectivity index (χ1v) is 9.04. The molecule has 0 unspecified atom stereocenters. The van der Waals surface area contributed by atoms with Gasteiger partial charge < -0.3 is 10.1 Å². The van der Waals surface area contributed by atoms with Gasteiger partial charge in [0.05, 0.1) is 12.9 Å². The van der Waals surface area contributed by atoms with Gasteiger partial charge in [-0.1, -0.05) is 31.2 Å². The molecule has 0 aliphatic carbocycles. The number of benzene rings is 1. The number of hydrogen-bond donors (Lipinski definition) is 1. The Labute approximate surface area is 128 Å². The van der Waals surface area contributed by atoms with E-state index in [2.05, 4.69) is 29.6 Å². The van der Waals surface area contributed by atoms with E-state index in [0.717, 1.165) is 25.1 Å². The number of hydrogen-bond acceptors (Lipinski definition) is 4. The second-order valence-corrected chi connectivity index (χ2v) is 7.02. The lowest BCUT2D eigenvalue weighted by molar-refractivity contribution is 0.185. The second kappa shape index (κ2) is 9.15. The third-order valence-electron chi connectivity index (χ3n) is 3.25. The summed E-state index contributed by atoms with van der Waals surface area (Å²) in [5.74, 6) is 0. The molecule has 120 valence electrons. The first-order valence-electron chi connectivity index (χ1n) is 7.20. The number of rotatable bonds is 10. The monoisotopic (exact) mass is 314 g/mol. The van der Waals surface area contributed by atoms with Gasteiger partial charge >= 0.3 is 0 Å². The molecule has 0 spiro atoms. The van der Waals surface area contributed by atoms with Gasteiger partial charge in [-0.05, 0) is 24.1 Å². The Hall–Kier alpha value is -0.950. The average Bonchev–Trinajstić information content (AvgIpc) is 2.43. The predicted octanol–water partition coefficient (Wildman–Crippen LogP) is 1.59. The predicted molar refractivity (Wildman–Crippen MR) is 85.6 cm³/mol. The molecule has 0 saturated carbocycles. The maximum Gasteiger partial charge on any atom is 0.211 e. The maximum absolute atomic E-state index is 11.4. The highest BCUT2D eigenvalue weighted by molar-refractivity contribution is 7.88. The Morgan fingerprint density at radius 1 is 1.19 bits per heavy atom. The van der Waals surface area contributed by atoms with Gasteiger partial charge in [0, 0.05) is 26.7 Å². The van der Waals surface area contributed by atoms with Crippen molar-refractivity contribution in [2.45, 2.75) is 26.5 Å². The number of nitrogens with zero attached hydrogens (tertiary/aromatic N) is 1. The Bertz CT molecular complexity index is 500. The molecule has 1 aromatic carbocycles. The molecule has 0 amide bonds. The van der Waals surface area contributed by atoms with E-state index >= 15 is 0 Å². The van der Waals surface area contributed by atoms with Crippen molar-refractivity contribution >= 4 is 10.0 Å². The van der Waals surface area contributed by atoms with E-state index in [4.69, 9.17) is 4.74 Å². The van der Waals surface area contributed by atoms with Crippen LogP contribution in [0.5, 0.6) is 0 Å². The quantitative estimate of drug-likeness (QED) is 0.666. The van der Waals surface area contributed by atoms with Crippen LogP contribution in [0, 0.1) is 0 Å². The summed E-state index contributed by atoms with van der Waals surface area (Å²) in [6, 6.07) is 8.28. The van der Waals surface area contributed by atoms with Crippen LogP contribution in [0.25, 0.3) is 0 Å². The molecular weight excluding hydrogens is 288 g/mol. The molecular formula is C15H26N2O3S. The molecule has 6 heteroatoms. The van der Waals surface area contributed by atoms with Crippen molar-refractivity contribution < 1.29 is 13.2 Å². The van der Waals surface area contributed by atoms with Gasteiger partial charge in [0.15, 0.2) is 0 Å². The molecule has 0 bridgehead atoms. The van der Waals surface area contributed by atoms with Crippen LogP contribution >= 0.6 is 0 Å². The molecule has 21 heavy (non-hydrogen) atoms. The third-order valence-corrected chi connectivity index (χ3v) is 4.62. The normalized spacial score (nSPS) is 12.0. The Morgan fingerprint density at radius 2 is 1.81 bits per heavy atom. The molecule has 0 aliphatic heterocycles. The minimum Gasteiger partial charge on any atom is -0.380 e. The van der Waals surface area contributed by atoms with Crippen LogP contribution in [0.15, 0.2) is 24.3 Å². The molecule has 0 aromatic heterocycles. The lowest BCUT2D eigenvalue weighted by Gasteiger charge is -2.17. The van der Waals surface area contributed by atoms with E-state index in [0.29, 0.717) is 19.7 Å². The van der Waals surface area contributed by atoms with Gasteiger partial charge in [0.25, 0.3) is 0 Å². The van der Waals surface area contributed by atoms with Crippen LogP contribution in [0.2, 0.25) is 0 Å². The molecule has 0 fully saturated rings. The van der Waals surface area contributed by atoms with E-state index < -0.39 is 10.0 Å². The van der Waals surface area contributed by atoms with Gasteiger partial charge in [-0.3, -0.25) is 0 Å². The van der Waals surface area contributed by atoms with E-state index in [1.165, 1.54) is 16.1 Å². The minimum atomic E-state index is -3.07. The van der Waals surface area contributed by atoms with E-state index in [1.807, 2.05) is 6.92 Å². The fourth-order valence-electron chi connectivity index (χ4n) is 2.09. The summed E-state index contributed by atoms with van der Waals surface area (Å²) in [7, 11) is -1.38. The zero-order chi connectivity index (χ0) is 15.7. The SMILES string of the molecule is CCN(CCCNCc1ccc(COC)cc1)S(C)(=O)=O. The minimum absolute atomic E-state index is 0.528. The number of methoxy groups -OCH3 is 1. The number of sulfonamides is 1. The van der Waals surface area contributed by atoms with Crippen LogP contribution in [0.1, 0.15) is 24.5 Å². The molecule has 0 radical (unpaired) electrons. The molecule has 0 heterocycles. The van der Waals surface area contributed by atoms with Crippen molar-refractivity contribution in [2.75, 3.05) is 33.0 Å². The summed E-state index contributed by atoms with van der Waals surface area (Å²) in [6.45, 7) is 5.17. The van der Waals surface area contributed by atoms with Gasteiger partial charge in [0.2, 0.25) is 10.0 Å². The molecule has 0 saturated heterocycles. The zero-order valence-corrected chi connectivity index (χ0v) is 13.9. The van der Waals surface area contributed by atoms with Crippen molar-refractivity contribution in [3.63, 3.8) is 0 Å². The first kappa shape index (κ1) is 18.1. The molecule has 1 N–H and O–H groups in total. The highest BCUT2D eigenvalue weighted by Gasteiger charge is 2.12. The largest absolute Gasteiger partial charge is 0.380 e.